The van der Waals surface area contributed by atoms with E-state index in [1.165, 1.54) is 0 Å². The quantitative estimate of drug-likeness (QED) is 0.0797. The SMILES string of the molecule is CCC(=O)OCCCCOC(=O)CCN(C)CCCO.NCCCO.[CH2+]CC(=O)OCCCCOC(=O)CC. The predicted molar refractivity (Wildman–Crippen MR) is 147 cm³/mol. The number of aliphatic hydroxyl groups excluding tert-OH is 2. The molecule has 0 aliphatic heterocycles. The summed E-state index contributed by atoms with van der Waals surface area (Å²) in [6.07, 6.45) is 5.56. The average Bonchev–Trinajstić information content (AvgIpc) is 2.94. The van der Waals surface area contributed by atoms with Crippen molar-refractivity contribution in [1.29, 1.82) is 0 Å². The first-order valence-corrected chi connectivity index (χ1v) is 13.7. The van der Waals surface area contributed by atoms with E-state index in [1.54, 1.807) is 13.8 Å². The van der Waals surface area contributed by atoms with E-state index in [0.717, 1.165) is 19.4 Å². The Morgan fingerprint density at radius 1 is 0.667 bits per heavy atom. The molecule has 0 spiro atoms. The third kappa shape index (κ3) is 37.8. The Labute approximate surface area is 234 Å². The van der Waals surface area contributed by atoms with Crippen LogP contribution in [0.3, 0.4) is 0 Å². The zero-order chi connectivity index (χ0) is 30.2. The van der Waals surface area contributed by atoms with Crippen molar-refractivity contribution in [3.8, 4) is 0 Å². The van der Waals surface area contributed by atoms with Crippen molar-refractivity contribution in [3.05, 3.63) is 6.92 Å². The lowest BCUT2D eigenvalue weighted by Gasteiger charge is -2.15. The number of rotatable bonds is 21. The first kappa shape index (κ1) is 41.1. The van der Waals surface area contributed by atoms with Crippen LogP contribution in [0.4, 0.5) is 0 Å². The van der Waals surface area contributed by atoms with Gasteiger partial charge in [-0.05, 0) is 52.1 Å². The van der Waals surface area contributed by atoms with Gasteiger partial charge in [0.2, 0.25) is 0 Å². The van der Waals surface area contributed by atoms with Crippen LogP contribution < -0.4 is 5.73 Å². The van der Waals surface area contributed by atoms with Gasteiger partial charge < -0.3 is 39.8 Å². The minimum Gasteiger partial charge on any atom is -0.466 e. The summed E-state index contributed by atoms with van der Waals surface area (Å²) in [5.74, 6) is -0.908. The molecule has 0 aliphatic rings. The van der Waals surface area contributed by atoms with Gasteiger partial charge in [0.1, 0.15) is 0 Å². The molecule has 0 rings (SSSR count). The Bertz CT molecular complexity index is 569. The molecule has 4 N–H and O–H groups in total. The van der Waals surface area contributed by atoms with Crippen LogP contribution in [0.15, 0.2) is 0 Å². The summed E-state index contributed by atoms with van der Waals surface area (Å²) in [5.41, 5.74) is 4.98. The van der Waals surface area contributed by atoms with Gasteiger partial charge in [-0.1, -0.05) is 13.8 Å². The standard InChI is InChI=1S/C14H27NO5.C10H17O4.C3H9NO/c1-3-13(17)19-11-4-5-12-20-14(18)7-9-15(2)8-6-10-16;1-3-9(11)13-7-5-6-8-14-10(12)4-2;4-2-1-3-5/h16H,3-12H2,1-2H3;1,3-8H2,2H3;5H,1-4H2/q;+1;. The molecule has 0 aromatic carbocycles. The summed E-state index contributed by atoms with van der Waals surface area (Å²) in [5, 5.41) is 16.7. The van der Waals surface area contributed by atoms with E-state index in [2.05, 4.69) is 6.92 Å². The van der Waals surface area contributed by atoms with Gasteiger partial charge in [-0.2, -0.15) is 0 Å². The second kappa shape index (κ2) is 33.6. The molecule has 0 fully saturated rings. The number of unbranched alkanes of at least 4 members (excludes halogenated alkanes) is 2. The first-order valence-electron chi connectivity index (χ1n) is 13.7. The van der Waals surface area contributed by atoms with E-state index in [-0.39, 0.29) is 43.5 Å². The van der Waals surface area contributed by atoms with Gasteiger partial charge in [-0.15, -0.1) is 0 Å². The lowest BCUT2D eigenvalue weighted by Crippen LogP contribution is -2.24. The van der Waals surface area contributed by atoms with Crippen LogP contribution in [0.2, 0.25) is 0 Å². The monoisotopic (exact) mass is 565 g/mol. The van der Waals surface area contributed by atoms with Crippen molar-refractivity contribution in [3.63, 3.8) is 0 Å². The highest BCUT2D eigenvalue weighted by Gasteiger charge is 2.06. The summed E-state index contributed by atoms with van der Waals surface area (Å²) >= 11 is 0. The minimum absolute atomic E-state index is 0.158. The number of carbonyl (C=O) groups excluding carboxylic acids is 4. The molecule has 12 heteroatoms. The molecule has 0 heterocycles. The second-order valence-electron chi connectivity index (χ2n) is 8.25. The molecule has 0 aliphatic carbocycles. The predicted octanol–water partition coefficient (Wildman–Crippen LogP) is 1.78. The molecule has 0 atom stereocenters. The number of carbonyl (C=O) groups is 4. The molecular formula is C27H53N2O10+. The summed E-state index contributed by atoms with van der Waals surface area (Å²) in [6.45, 7) is 10.8. The van der Waals surface area contributed by atoms with Crippen LogP contribution >= 0.6 is 0 Å². The van der Waals surface area contributed by atoms with Crippen molar-refractivity contribution in [2.24, 2.45) is 5.73 Å². The molecule has 12 nitrogen and oxygen atoms in total. The van der Waals surface area contributed by atoms with E-state index in [1.807, 2.05) is 11.9 Å². The fourth-order valence-corrected chi connectivity index (χ4v) is 2.33. The van der Waals surface area contributed by atoms with Gasteiger partial charge in [0.05, 0.1) is 39.8 Å². The maximum atomic E-state index is 11.4. The molecule has 230 valence electrons. The fraction of sp³-hybridized carbons (Fsp3) is 0.815. The molecule has 0 amide bonds. The zero-order valence-corrected chi connectivity index (χ0v) is 24.3. The summed E-state index contributed by atoms with van der Waals surface area (Å²) in [6, 6.07) is 0. The number of nitrogens with zero attached hydrogens (tertiary/aromatic N) is 1. The van der Waals surface area contributed by atoms with Crippen molar-refractivity contribution in [2.45, 2.75) is 78.1 Å². The lowest BCUT2D eigenvalue weighted by atomic mass is 10.3. The highest BCUT2D eigenvalue weighted by atomic mass is 16.5. The average molecular weight is 566 g/mol. The molecular weight excluding hydrogens is 512 g/mol. The first-order chi connectivity index (χ1) is 18.7. The van der Waals surface area contributed by atoms with Crippen LogP contribution in [0.5, 0.6) is 0 Å². The maximum absolute atomic E-state index is 11.4. The molecule has 0 aromatic rings. The van der Waals surface area contributed by atoms with E-state index < -0.39 is 0 Å². The largest absolute Gasteiger partial charge is 0.466 e. The van der Waals surface area contributed by atoms with E-state index in [0.29, 0.717) is 84.5 Å². The number of ether oxygens (including phenoxy) is 4. The molecule has 0 bridgehead atoms. The minimum atomic E-state index is -0.296. The summed E-state index contributed by atoms with van der Waals surface area (Å²) < 4.78 is 19.6. The number of esters is 4. The smallest absolute Gasteiger partial charge is 0.351 e. The highest BCUT2D eigenvalue weighted by Crippen LogP contribution is 1.97. The van der Waals surface area contributed by atoms with Gasteiger partial charge in [-0.3, -0.25) is 14.4 Å². The van der Waals surface area contributed by atoms with Gasteiger partial charge in [0.25, 0.3) is 0 Å². The number of nitrogens with two attached hydrogens (primary N) is 1. The Kier molecular flexibility index (Phi) is 35.4. The Morgan fingerprint density at radius 2 is 1.08 bits per heavy atom. The maximum Gasteiger partial charge on any atom is 0.351 e. The van der Waals surface area contributed by atoms with Crippen LogP contribution in [0.1, 0.15) is 78.1 Å². The van der Waals surface area contributed by atoms with E-state index in [9.17, 15) is 19.2 Å². The summed E-state index contributed by atoms with van der Waals surface area (Å²) in [4.78, 5) is 45.6. The highest BCUT2D eigenvalue weighted by molar-refractivity contribution is 5.70. The molecule has 39 heavy (non-hydrogen) atoms. The normalized spacial score (nSPS) is 9.92. The number of hydrogen-bond donors (Lipinski definition) is 3. The van der Waals surface area contributed by atoms with Crippen molar-refractivity contribution >= 4 is 23.9 Å². The van der Waals surface area contributed by atoms with E-state index >= 15 is 0 Å². The van der Waals surface area contributed by atoms with Gasteiger partial charge in [0, 0.05) is 39.1 Å². The van der Waals surface area contributed by atoms with Crippen LogP contribution in [0, 0.1) is 6.92 Å². The van der Waals surface area contributed by atoms with Gasteiger partial charge in [0.15, 0.2) is 6.42 Å². The van der Waals surface area contributed by atoms with Crippen molar-refractivity contribution < 1.29 is 48.3 Å². The third-order valence-electron chi connectivity index (χ3n) is 4.67. The van der Waals surface area contributed by atoms with Crippen molar-refractivity contribution in [1.82, 2.24) is 4.90 Å². The summed E-state index contributed by atoms with van der Waals surface area (Å²) in [7, 11) is 1.91. The lowest BCUT2D eigenvalue weighted by molar-refractivity contribution is -0.146. The fourth-order valence-electron chi connectivity index (χ4n) is 2.33. The molecule has 0 aromatic heterocycles. The Balaban J connectivity index is -0.000000590. The van der Waals surface area contributed by atoms with Gasteiger partial charge in [-0.25, -0.2) is 4.79 Å². The number of aliphatic hydroxyl groups is 2. The molecule has 0 saturated heterocycles. The van der Waals surface area contributed by atoms with Gasteiger partial charge >= 0.3 is 23.9 Å². The zero-order valence-electron chi connectivity index (χ0n) is 24.3. The van der Waals surface area contributed by atoms with Crippen LogP contribution in [-0.4, -0.2) is 105 Å². The third-order valence-corrected chi connectivity index (χ3v) is 4.67. The van der Waals surface area contributed by atoms with Crippen LogP contribution in [-0.2, 0) is 38.1 Å². The molecule has 0 unspecified atom stereocenters. The topological polar surface area (TPSA) is 175 Å². The Morgan fingerprint density at radius 3 is 1.41 bits per heavy atom. The van der Waals surface area contributed by atoms with E-state index in [4.69, 9.17) is 34.9 Å². The van der Waals surface area contributed by atoms with Crippen molar-refractivity contribution in [2.75, 3.05) is 66.3 Å². The van der Waals surface area contributed by atoms with Crippen LogP contribution in [0.25, 0.3) is 0 Å². The number of hydrogen-bond acceptors (Lipinski definition) is 12. The second-order valence-corrected chi connectivity index (χ2v) is 8.25. The Hall–Kier alpha value is -2.41. The molecule has 0 saturated carbocycles. The molecule has 0 radical (unpaired) electrons.